The SMILES string of the molecule is Nc1c(C(=O)N2CCNC(=O)CC2)n[nH]c1C1CC1. The van der Waals surface area contributed by atoms with E-state index in [1.54, 1.807) is 4.90 Å². The Morgan fingerprint density at radius 3 is 2.89 bits per heavy atom. The van der Waals surface area contributed by atoms with E-state index in [-0.39, 0.29) is 17.5 Å². The van der Waals surface area contributed by atoms with Gasteiger partial charge in [0, 0.05) is 32.0 Å². The molecule has 0 atom stereocenters. The smallest absolute Gasteiger partial charge is 0.276 e. The van der Waals surface area contributed by atoms with E-state index in [9.17, 15) is 9.59 Å². The number of nitrogen functional groups attached to an aromatic ring is 1. The van der Waals surface area contributed by atoms with Crippen molar-refractivity contribution in [3.8, 4) is 0 Å². The van der Waals surface area contributed by atoms with Crippen LogP contribution in [0.4, 0.5) is 5.69 Å². The average Bonchev–Trinajstić information content (AvgIpc) is 3.18. The van der Waals surface area contributed by atoms with E-state index in [0.29, 0.717) is 37.7 Å². The van der Waals surface area contributed by atoms with Crippen LogP contribution in [0.5, 0.6) is 0 Å². The van der Waals surface area contributed by atoms with Crippen molar-refractivity contribution in [2.45, 2.75) is 25.2 Å². The van der Waals surface area contributed by atoms with Crippen molar-refractivity contribution >= 4 is 17.5 Å². The largest absolute Gasteiger partial charge is 0.395 e. The number of carbonyl (C=O) groups is 2. The third-order valence-corrected chi connectivity index (χ3v) is 3.62. The number of nitrogens with zero attached hydrogens (tertiary/aromatic N) is 2. The van der Waals surface area contributed by atoms with Gasteiger partial charge in [0.15, 0.2) is 5.69 Å². The number of nitrogens with two attached hydrogens (primary N) is 1. The molecule has 0 unspecified atom stereocenters. The van der Waals surface area contributed by atoms with E-state index in [2.05, 4.69) is 15.5 Å². The van der Waals surface area contributed by atoms with Gasteiger partial charge in [0.2, 0.25) is 5.91 Å². The average molecular weight is 263 g/mol. The first kappa shape index (κ1) is 12.0. The highest BCUT2D eigenvalue weighted by molar-refractivity contribution is 5.98. The fourth-order valence-corrected chi connectivity index (χ4v) is 2.33. The Morgan fingerprint density at radius 2 is 2.16 bits per heavy atom. The second-order valence-corrected chi connectivity index (χ2v) is 5.07. The van der Waals surface area contributed by atoms with E-state index in [1.807, 2.05) is 0 Å². The minimum Gasteiger partial charge on any atom is -0.395 e. The van der Waals surface area contributed by atoms with Crippen LogP contribution < -0.4 is 11.1 Å². The molecule has 4 N–H and O–H groups in total. The van der Waals surface area contributed by atoms with Gasteiger partial charge in [0.1, 0.15) is 0 Å². The number of anilines is 1. The topological polar surface area (TPSA) is 104 Å². The lowest BCUT2D eigenvalue weighted by Crippen LogP contribution is -2.34. The maximum absolute atomic E-state index is 12.4. The number of rotatable bonds is 2. The summed E-state index contributed by atoms with van der Waals surface area (Å²) in [5.74, 6) is 0.211. The first-order valence-corrected chi connectivity index (χ1v) is 6.56. The Kier molecular flexibility index (Phi) is 2.88. The molecule has 0 spiro atoms. The second-order valence-electron chi connectivity index (χ2n) is 5.07. The molecule has 2 heterocycles. The summed E-state index contributed by atoms with van der Waals surface area (Å²) in [6.07, 6.45) is 2.52. The van der Waals surface area contributed by atoms with E-state index in [4.69, 9.17) is 5.73 Å². The Balaban J connectivity index is 1.77. The van der Waals surface area contributed by atoms with Crippen molar-refractivity contribution < 1.29 is 9.59 Å². The number of hydrogen-bond donors (Lipinski definition) is 3. The molecule has 1 aliphatic carbocycles. The Labute approximate surface area is 110 Å². The van der Waals surface area contributed by atoms with E-state index >= 15 is 0 Å². The molecule has 1 aliphatic heterocycles. The highest BCUT2D eigenvalue weighted by Crippen LogP contribution is 2.42. The molecule has 1 saturated heterocycles. The molecule has 1 aromatic heterocycles. The Morgan fingerprint density at radius 1 is 1.37 bits per heavy atom. The maximum Gasteiger partial charge on any atom is 0.276 e. The van der Waals surface area contributed by atoms with Gasteiger partial charge in [-0.05, 0) is 12.8 Å². The van der Waals surface area contributed by atoms with Crippen molar-refractivity contribution in [1.82, 2.24) is 20.4 Å². The zero-order valence-electron chi connectivity index (χ0n) is 10.6. The van der Waals surface area contributed by atoms with Gasteiger partial charge in [-0.15, -0.1) is 0 Å². The molecule has 2 aliphatic rings. The fourth-order valence-electron chi connectivity index (χ4n) is 2.33. The van der Waals surface area contributed by atoms with E-state index in [1.165, 1.54) is 0 Å². The van der Waals surface area contributed by atoms with Crippen molar-refractivity contribution in [3.63, 3.8) is 0 Å². The van der Waals surface area contributed by atoms with Gasteiger partial charge in [-0.1, -0.05) is 0 Å². The zero-order chi connectivity index (χ0) is 13.4. The predicted molar refractivity (Wildman–Crippen MR) is 68.5 cm³/mol. The van der Waals surface area contributed by atoms with Crippen LogP contribution in [0.15, 0.2) is 0 Å². The molecule has 2 amide bonds. The molecule has 2 fully saturated rings. The van der Waals surface area contributed by atoms with Gasteiger partial charge in [-0.3, -0.25) is 14.7 Å². The van der Waals surface area contributed by atoms with Crippen LogP contribution in [-0.4, -0.2) is 46.5 Å². The molecular formula is C12H17N5O2. The van der Waals surface area contributed by atoms with Crippen molar-refractivity contribution in [3.05, 3.63) is 11.4 Å². The van der Waals surface area contributed by atoms with Crippen molar-refractivity contribution in [2.24, 2.45) is 0 Å². The zero-order valence-corrected chi connectivity index (χ0v) is 10.6. The fraction of sp³-hybridized carbons (Fsp3) is 0.583. The van der Waals surface area contributed by atoms with Crippen LogP contribution >= 0.6 is 0 Å². The number of aromatic nitrogens is 2. The summed E-state index contributed by atoms with van der Waals surface area (Å²) in [7, 11) is 0. The first-order valence-electron chi connectivity index (χ1n) is 6.56. The standard InChI is InChI=1S/C12H17N5O2/c13-9-10(7-1-2-7)15-16-11(9)12(19)17-5-3-8(18)14-4-6-17/h7H,1-6,13H2,(H,14,18)(H,15,16). The molecule has 0 radical (unpaired) electrons. The lowest BCUT2D eigenvalue weighted by atomic mass is 10.2. The molecule has 0 aromatic carbocycles. The highest BCUT2D eigenvalue weighted by Gasteiger charge is 2.31. The van der Waals surface area contributed by atoms with Gasteiger partial charge in [-0.25, -0.2) is 0 Å². The van der Waals surface area contributed by atoms with Crippen LogP contribution in [0.1, 0.15) is 41.4 Å². The predicted octanol–water partition coefficient (Wildman–Crippen LogP) is -0.169. The summed E-state index contributed by atoms with van der Waals surface area (Å²) >= 11 is 0. The lowest BCUT2D eigenvalue weighted by Gasteiger charge is -2.18. The van der Waals surface area contributed by atoms with Gasteiger partial charge in [0.25, 0.3) is 5.91 Å². The lowest BCUT2D eigenvalue weighted by molar-refractivity contribution is -0.120. The minimum absolute atomic E-state index is 0.0241. The number of hydrogen-bond acceptors (Lipinski definition) is 4. The van der Waals surface area contributed by atoms with Crippen LogP contribution in [0.25, 0.3) is 0 Å². The number of H-pyrrole nitrogens is 1. The summed E-state index contributed by atoms with van der Waals surface area (Å²) in [4.78, 5) is 25.2. The molecule has 0 bridgehead atoms. The molecule has 1 aromatic rings. The van der Waals surface area contributed by atoms with Gasteiger partial charge >= 0.3 is 0 Å². The molecule has 19 heavy (non-hydrogen) atoms. The van der Waals surface area contributed by atoms with Gasteiger partial charge < -0.3 is 16.0 Å². The normalized spacial score (nSPS) is 20.0. The Hall–Kier alpha value is -2.05. The summed E-state index contributed by atoms with van der Waals surface area (Å²) in [6.45, 7) is 1.38. The first-order chi connectivity index (χ1) is 9.16. The quantitative estimate of drug-likeness (QED) is 0.689. The van der Waals surface area contributed by atoms with Crippen LogP contribution in [0.3, 0.4) is 0 Å². The van der Waals surface area contributed by atoms with Crippen molar-refractivity contribution in [2.75, 3.05) is 25.4 Å². The number of nitrogens with one attached hydrogen (secondary N) is 2. The summed E-state index contributed by atoms with van der Waals surface area (Å²) in [5, 5.41) is 9.67. The molecule has 7 nitrogen and oxygen atoms in total. The van der Waals surface area contributed by atoms with Gasteiger partial charge in [0.05, 0.1) is 11.4 Å². The summed E-state index contributed by atoms with van der Waals surface area (Å²) in [6, 6.07) is 0. The third kappa shape index (κ3) is 2.27. The number of amides is 2. The number of carbonyl (C=O) groups excluding carboxylic acids is 2. The van der Waals surface area contributed by atoms with Crippen LogP contribution in [0, 0.1) is 0 Å². The molecule has 102 valence electrons. The summed E-state index contributed by atoms with van der Waals surface area (Å²) in [5.41, 5.74) is 7.63. The highest BCUT2D eigenvalue weighted by atomic mass is 16.2. The monoisotopic (exact) mass is 263 g/mol. The van der Waals surface area contributed by atoms with E-state index in [0.717, 1.165) is 18.5 Å². The molecular weight excluding hydrogens is 246 g/mol. The molecule has 7 heteroatoms. The van der Waals surface area contributed by atoms with Crippen LogP contribution in [0.2, 0.25) is 0 Å². The Bertz CT molecular complexity index is 520. The minimum atomic E-state index is -0.197. The van der Waals surface area contributed by atoms with E-state index < -0.39 is 0 Å². The third-order valence-electron chi connectivity index (χ3n) is 3.62. The van der Waals surface area contributed by atoms with Gasteiger partial charge in [-0.2, -0.15) is 5.10 Å². The van der Waals surface area contributed by atoms with Crippen molar-refractivity contribution in [1.29, 1.82) is 0 Å². The molecule has 3 rings (SSSR count). The number of aromatic amines is 1. The second kappa shape index (κ2) is 4.56. The van der Waals surface area contributed by atoms with Crippen LogP contribution in [-0.2, 0) is 4.79 Å². The molecule has 1 saturated carbocycles. The maximum atomic E-state index is 12.4. The summed E-state index contributed by atoms with van der Waals surface area (Å²) < 4.78 is 0.